The third-order valence-corrected chi connectivity index (χ3v) is 5.83. The first-order chi connectivity index (χ1) is 14.4. The molecule has 4 heteroatoms. The number of hydrogen-bond acceptors (Lipinski definition) is 3. The highest BCUT2D eigenvalue weighted by molar-refractivity contribution is 6.46. The lowest BCUT2D eigenvalue weighted by Crippen LogP contribution is -2.33. The zero-order valence-corrected chi connectivity index (χ0v) is 17.6. The summed E-state index contributed by atoms with van der Waals surface area (Å²) in [5.74, 6) is -0.652. The molecule has 2 amide bonds. The molecule has 1 aliphatic heterocycles. The Bertz CT molecular complexity index is 1190. The van der Waals surface area contributed by atoms with Crippen molar-refractivity contribution < 1.29 is 9.59 Å². The Morgan fingerprint density at radius 1 is 0.667 bits per heavy atom. The highest BCUT2D eigenvalue weighted by Gasteiger charge is 2.41. The molecule has 0 aliphatic carbocycles. The van der Waals surface area contributed by atoms with E-state index in [4.69, 9.17) is 0 Å². The van der Waals surface area contributed by atoms with Gasteiger partial charge in [-0.3, -0.25) is 9.59 Å². The minimum Gasteiger partial charge on any atom is -0.350 e. The van der Waals surface area contributed by atoms with Crippen molar-refractivity contribution in [3.63, 3.8) is 0 Å². The molecule has 0 aromatic heterocycles. The number of nitrogens with zero attached hydrogens (tertiary/aromatic N) is 1. The third-order valence-electron chi connectivity index (χ3n) is 5.83. The molecule has 0 fully saturated rings. The monoisotopic (exact) mass is 396 g/mol. The first-order valence-electron chi connectivity index (χ1n) is 9.98. The van der Waals surface area contributed by atoms with Crippen molar-refractivity contribution in [3.05, 3.63) is 100 Å². The molecule has 0 bridgehead atoms. The minimum atomic E-state index is -0.339. The van der Waals surface area contributed by atoms with Crippen molar-refractivity contribution in [2.24, 2.45) is 0 Å². The van der Waals surface area contributed by atoms with E-state index in [2.05, 4.69) is 5.32 Å². The van der Waals surface area contributed by atoms with E-state index in [1.165, 1.54) is 4.90 Å². The molecule has 30 heavy (non-hydrogen) atoms. The summed E-state index contributed by atoms with van der Waals surface area (Å²) in [5, 5.41) is 3.28. The van der Waals surface area contributed by atoms with Crippen LogP contribution in [0.25, 0.3) is 5.57 Å². The van der Waals surface area contributed by atoms with Crippen LogP contribution in [-0.4, -0.2) is 11.8 Å². The van der Waals surface area contributed by atoms with Crippen LogP contribution in [0, 0.1) is 27.7 Å². The normalized spacial score (nSPS) is 13.9. The summed E-state index contributed by atoms with van der Waals surface area (Å²) in [7, 11) is 0. The van der Waals surface area contributed by atoms with Crippen LogP contribution >= 0.6 is 0 Å². The standard InChI is InChI=1S/C26H24N2O2/c1-16-10-8-14-21(18(16)3)27-24-23(20-12-6-5-7-13-20)25(29)28(26(24)30)22-15-9-11-17(2)19(22)4/h5-15,27H,1-4H3. The van der Waals surface area contributed by atoms with Gasteiger partial charge < -0.3 is 5.32 Å². The summed E-state index contributed by atoms with van der Waals surface area (Å²) in [6.07, 6.45) is 0. The Labute approximate surface area is 176 Å². The van der Waals surface area contributed by atoms with E-state index in [0.717, 1.165) is 33.5 Å². The van der Waals surface area contributed by atoms with E-state index < -0.39 is 0 Å². The quantitative estimate of drug-likeness (QED) is 0.608. The van der Waals surface area contributed by atoms with Gasteiger partial charge in [0, 0.05) is 5.69 Å². The summed E-state index contributed by atoms with van der Waals surface area (Å²) in [4.78, 5) is 28.4. The molecule has 0 saturated carbocycles. The number of carbonyl (C=O) groups is 2. The molecule has 1 N–H and O–H groups in total. The molecular formula is C26H24N2O2. The van der Waals surface area contributed by atoms with Crippen LogP contribution in [0.3, 0.4) is 0 Å². The molecule has 1 heterocycles. The van der Waals surface area contributed by atoms with Crippen LogP contribution in [0.15, 0.2) is 72.4 Å². The average Bonchev–Trinajstić information content (AvgIpc) is 2.98. The van der Waals surface area contributed by atoms with Crippen LogP contribution in [-0.2, 0) is 9.59 Å². The topological polar surface area (TPSA) is 49.4 Å². The van der Waals surface area contributed by atoms with Crippen LogP contribution in [0.4, 0.5) is 11.4 Å². The average molecular weight is 396 g/mol. The Kier molecular flexibility index (Phi) is 5.00. The number of hydrogen-bond donors (Lipinski definition) is 1. The molecule has 4 nitrogen and oxygen atoms in total. The van der Waals surface area contributed by atoms with Gasteiger partial charge in [-0.05, 0) is 67.6 Å². The Morgan fingerprint density at radius 2 is 1.30 bits per heavy atom. The van der Waals surface area contributed by atoms with Crippen LogP contribution in [0.2, 0.25) is 0 Å². The molecule has 150 valence electrons. The summed E-state index contributed by atoms with van der Waals surface area (Å²) in [6.45, 7) is 7.94. The van der Waals surface area contributed by atoms with Crippen molar-refractivity contribution in [1.29, 1.82) is 0 Å². The minimum absolute atomic E-state index is 0.306. The van der Waals surface area contributed by atoms with Crippen LogP contribution in [0.5, 0.6) is 0 Å². The lowest BCUT2D eigenvalue weighted by molar-refractivity contribution is -0.120. The molecule has 3 aromatic rings. The molecule has 0 saturated heterocycles. The third kappa shape index (κ3) is 3.20. The second-order valence-electron chi connectivity index (χ2n) is 7.65. The smallest absolute Gasteiger partial charge is 0.282 e. The molecule has 4 rings (SSSR count). The van der Waals surface area contributed by atoms with E-state index in [9.17, 15) is 9.59 Å². The molecule has 0 atom stereocenters. The number of anilines is 2. The number of carbonyl (C=O) groups excluding carboxylic acids is 2. The lowest BCUT2D eigenvalue weighted by Gasteiger charge is -2.19. The molecular weight excluding hydrogens is 372 g/mol. The lowest BCUT2D eigenvalue weighted by atomic mass is 10.0. The zero-order valence-electron chi connectivity index (χ0n) is 17.6. The number of benzene rings is 3. The van der Waals surface area contributed by atoms with Gasteiger partial charge in [-0.15, -0.1) is 0 Å². The summed E-state index contributed by atoms with van der Waals surface area (Å²) in [6, 6.07) is 20.9. The second-order valence-corrected chi connectivity index (χ2v) is 7.65. The van der Waals surface area contributed by atoms with Gasteiger partial charge in [0.1, 0.15) is 5.70 Å². The predicted molar refractivity (Wildman–Crippen MR) is 121 cm³/mol. The Balaban J connectivity index is 1.87. The van der Waals surface area contributed by atoms with Gasteiger partial charge in [-0.2, -0.15) is 0 Å². The summed E-state index contributed by atoms with van der Waals surface area (Å²) in [5.41, 5.74) is 6.97. The second kappa shape index (κ2) is 7.64. The maximum absolute atomic E-state index is 13.5. The first-order valence-corrected chi connectivity index (χ1v) is 9.98. The largest absolute Gasteiger partial charge is 0.350 e. The zero-order chi connectivity index (χ0) is 21.4. The SMILES string of the molecule is Cc1cccc(NC2=C(c3ccccc3)C(=O)N(c3cccc(C)c3C)C2=O)c1C. The van der Waals surface area contributed by atoms with Gasteiger partial charge in [0.2, 0.25) is 0 Å². The number of amides is 2. The fourth-order valence-corrected chi connectivity index (χ4v) is 3.74. The van der Waals surface area contributed by atoms with Crippen molar-refractivity contribution in [2.75, 3.05) is 10.2 Å². The maximum Gasteiger partial charge on any atom is 0.282 e. The van der Waals surface area contributed by atoms with Gasteiger partial charge in [0.15, 0.2) is 0 Å². The van der Waals surface area contributed by atoms with Crippen LogP contribution in [0.1, 0.15) is 27.8 Å². The van der Waals surface area contributed by atoms with E-state index in [0.29, 0.717) is 17.0 Å². The number of imide groups is 1. The fourth-order valence-electron chi connectivity index (χ4n) is 3.74. The van der Waals surface area contributed by atoms with Crippen molar-refractivity contribution in [2.45, 2.75) is 27.7 Å². The highest BCUT2D eigenvalue weighted by atomic mass is 16.2. The van der Waals surface area contributed by atoms with Gasteiger partial charge in [-0.25, -0.2) is 4.90 Å². The molecule has 1 aliphatic rings. The highest BCUT2D eigenvalue weighted by Crippen LogP contribution is 2.36. The number of nitrogens with one attached hydrogen (secondary N) is 1. The van der Waals surface area contributed by atoms with Crippen molar-refractivity contribution >= 4 is 28.8 Å². The van der Waals surface area contributed by atoms with E-state index in [1.807, 2.05) is 94.4 Å². The molecule has 0 spiro atoms. The van der Waals surface area contributed by atoms with Gasteiger partial charge >= 0.3 is 0 Å². The van der Waals surface area contributed by atoms with Crippen molar-refractivity contribution in [1.82, 2.24) is 0 Å². The summed E-state index contributed by atoms with van der Waals surface area (Å²) >= 11 is 0. The Morgan fingerprint density at radius 3 is 2.00 bits per heavy atom. The van der Waals surface area contributed by atoms with E-state index in [-0.39, 0.29) is 11.8 Å². The van der Waals surface area contributed by atoms with Gasteiger partial charge in [0.25, 0.3) is 11.8 Å². The summed E-state index contributed by atoms with van der Waals surface area (Å²) < 4.78 is 0. The first kappa shape index (κ1) is 19.6. The predicted octanol–water partition coefficient (Wildman–Crippen LogP) is 5.32. The van der Waals surface area contributed by atoms with Gasteiger partial charge in [0.05, 0.1) is 11.3 Å². The van der Waals surface area contributed by atoms with Gasteiger partial charge in [-0.1, -0.05) is 54.6 Å². The maximum atomic E-state index is 13.5. The van der Waals surface area contributed by atoms with Crippen LogP contribution < -0.4 is 10.2 Å². The molecule has 0 radical (unpaired) electrons. The van der Waals surface area contributed by atoms with Crippen molar-refractivity contribution in [3.8, 4) is 0 Å². The Hall–Kier alpha value is -3.66. The number of rotatable bonds is 4. The molecule has 0 unspecified atom stereocenters. The van der Waals surface area contributed by atoms with E-state index in [1.54, 1.807) is 0 Å². The molecule has 3 aromatic carbocycles. The number of aryl methyl sites for hydroxylation is 2. The fraction of sp³-hybridized carbons (Fsp3) is 0.154. The van der Waals surface area contributed by atoms with E-state index >= 15 is 0 Å².